The van der Waals surface area contributed by atoms with Gasteiger partial charge in [-0.05, 0) is 113 Å². The highest BCUT2D eigenvalue weighted by molar-refractivity contribution is 6.05. The summed E-state index contributed by atoms with van der Waals surface area (Å²) in [5.74, 6) is 2.92. The number of amides is 1. The maximum absolute atomic E-state index is 13.6. The largest absolute Gasteiger partial charge is 0.319 e. The predicted octanol–water partition coefficient (Wildman–Crippen LogP) is 5.70. The number of fused-ring (bicyclic) bond motifs is 5. The Morgan fingerprint density at radius 3 is 2.41 bits per heavy atom. The van der Waals surface area contributed by atoms with E-state index in [1.165, 1.54) is 32.1 Å². The Hall–Kier alpha value is -1.94. The van der Waals surface area contributed by atoms with Gasteiger partial charge in [-0.25, -0.2) is 0 Å². The van der Waals surface area contributed by atoms with Gasteiger partial charge in [-0.15, -0.1) is 0 Å². The van der Waals surface area contributed by atoms with E-state index in [2.05, 4.69) is 45.1 Å². The van der Waals surface area contributed by atoms with E-state index in [0.717, 1.165) is 30.6 Å². The topological polar surface area (TPSA) is 49.4 Å². The van der Waals surface area contributed by atoms with E-state index in [1.807, 2.05) is 24.3 Å². The quantitative estimate of drug-likeness (QED) is 0.625. The summed E-state index contributed by atoms with van der Waals surface area (Å²) in [5.41, 5.74) is 1.57. The summed E-state index contributed by atoms with van der Waals surface area (Å²) in [7, 11) is 4.46. The monoisotopic (exact) mass is 462 g/mol. The lowest BCUT2D eigenvalue weighted by atomic mass is 9.45. The van der Waals surface area contributed by atoms with Crippen LogP contribution in [-0.4, -0.2) is 36.7 Å². The van der Waals surface area contributed by atoms with Crippen LogP contribution in [0, 0.1) is 40.4 Å². The molecule has 1 N–H and O–H groups in total. The summed E-state index contributed by atoms with van der Waals surface area (Å²) >= 11 is 0. The van der Waals surface area contributed by atoms with Gasteiger partial charge in [0.1, 0.15) is 0 Å². The zero-order valence-corrected chi connectivity index (χ0v) is 21.6. The molecule has 0 saturated heterocycles. The molecule has 0 heterocycles. The van der Waals surface area contributed by atoms with Gasteiger partial charge in [-0.3, -0.25) is 9.59 Å². The molecule has 1 aromatic carbocycles. The highest BCUT2D eigenvalue weighted by Gasteiger charge is 2.61. The Morgan fingerprint density at radius 1 is 1.00 bits per heavy atom. The van der Waals surface area contributed by atoms with Crippen LogP contribution in [0.5, 0.6) is 0 Å². The maximum atomic E-state index is 13.6. The molecular weight excluding hydrogens is 420 g/mol. The van der Waals surface area contributed by atoms with Gasteiger partial charge < -0.3 is 10.2 Å². The minimum Gasteiger partial charge on any atom is -0.319 e. The van der Waals surface area contributed by atoms with Gasteiger partial charge >= 0.3 is 0 Å². The van der Waals surface area contributed by atoms with Crippen LogP contribution < -0.4 is 5.32 Å². The summed E-state index contributed by atoms with van der Waals surface area (Å²) in [6.45, 7) is 7.39. The molecule has 0 radical (unpaired) electrons. The van der Waals surface area contributed by atoms with Crippen molar-refractivity contribution in [2.24, 2.45) is 40.4 Å². The molecule has 4 aliphatic rings. The van der Waals surface area contributed by atoms with Crippen molar-refractivity contribution >= 4 is 11.7 Å². The number of Topliss-reactive ketones (excluding diaryl/α,β-unsaturated/α-hetero) is 1. The lowest BCUT2D eigenvalue weighted by Crippen LogP contribution is -2.56. The van der Waals surface area contributed by atoms with Gasteiger partial charge in [0.05, 0.1) is 5.70 Å². The van der Waals surface area contributed by atoms with E-state index in [1.54, 1.807) is 12.1 Å². The molecule has 0 aliphatic heterocycles. The van der Waals surface area contributed by atoms with Gasteiger partial charge in [-0.1, -0.05) is 38.1 Å². The maximum Gasteiger partial charge on any atom is 0.255 e. The fraction of sp³-hybridized carbons (Fsp3) is 0.667. The first-order valence-electron chi connectivity index (χ1n) is 13.4. The van der Waals surface area contributed by atoms with E-state index in [9.17, 15) is 9.59 Å². The third-order valence-corrected chi connectivity index (χ3v) is 11.0. The fourth-order valence-electron chi connectivity index (χ4n) is 8.88. The van der Waals surface area contributed by atoms with Crippen LogP contribution in [0.1, 0.15) is 76.1 Å². The number of hydrogen-bond donors (Lipinski definition) is 1. The Kier molecular flexibility index (Phi) is 6.03. The average Bonchev–Trinajstić information content (AvgIpc) is 3.18. The molecule has 5 rings (SSSR count). The molecule has 8 atom stereocenters. The minimum absolute atomic E-state index is 0.0214. The first kappa shape index (κ1) is 23.8. The molecule has 4 nitrogen and oxygen atoms in total. The highest BCUT2D eigenvalue weighted by Crippen LogP contribution is 2.67. The SMILES string of the molecule is CC([C@H]1CC[C@H]2[C@@H]3CCC4C(=O)C(NC(=O)c5ccccc5)=CC[C@]4(C)[C@H]3CC[C@]12C)N(C)C. The second-order valence-electron chi connectivity index (χ2n) is 12.5. The van der Waals surface area contributed by atoms with E-state index < -0.39 is 0 Å². The van der Waals surface area contributed by atoms with Crippen LogP contribution in [0.4, 0.5) is 0 Å². The van der Waals surface area contributed by atoms with Gasteiger partial charge in [-0.2, -0.15) is 0 Å². The number of carbonyl (C=O) groups excluding carboxylic acids is 2. The lowest BCUT2D eigenvalue weighted by molar-refractivity contribution is -0.140. The molecule has 0 spiro atoms. The molecular formula is C30H42N2O2. The number of carbonyl (C=O) groups is 2. The molecule has 2 unspecified atom stereocenters. The van der Waals surface area contributed by atoms with E-state index >= 15 is 0 Å². The lowest BCUT2D eigenvalue weighted by Gasteiger charge is -2.60. The summed E-state index contributed by atoms with van der Waals surface area (Å²) < 4.78 is 0. The third-order valence-electron chi connectivity index (χ3n) is 11.0. The second kappa shape index (κ2) is 8.62. The van der Waals surface area contributed by atoms with E-state index in [-0.39, 0.29) is 23.0 Å². The first-order chi connectivity index (χ1) is 16.2. The van der Waals surface area contributed by atoms with Crippen molar-refractivity contribution in [2.45, 2.75) is 71.8 Å². The van der Waals surface area contributed by atoms with Crippen molar-refractivity contribution in [3.63, 3.8) is 0 Å². The van der Waals surface area contributed by atoms with Crippen molar-refractivity contribution in [1.82, 2.24) is 10.2 Å². The number of ketones is 1. The Labute approximate surface area is 205 Å². The molecule has 3 fully saturated rings. The van der Waals surface area contributed by atoms with Crippen LogP contribution in [0.25, 0.3) is 0 Å². The molecule has 4 aliphatic carbocycles. The number of benzene rings is 1. The minimum atomic E-state index is -0.182. The van der Waals surface area contributed by atoms with Gasteiger partial charge in [0.15, 0.2) is 5.78 Å². The Morgan fingerprint density at radius 2 is 1.71 bits per heavy atom. The molecule has 184 valence electrons. The van der Waals surface area contributed by atoms with E-state index in [4.69, 9.17) is 0 Å². The van der Waals surface area contributed by atoms with Crippen molar-refractivity contribution in [1.29, 1.82) is 0 Å². The molecule has 0 aromatic heterocycles. The van der Waals surface area contributed by atoms with Crippen LogP contribution >= 0.6 is 0 Å². The van der Waals surface area contributed by atoms with Gasteiger partial charge in [0.2, 0.25) is 0 Å². The third kappa shape index (κ3) is 3.59. The molecule has 3 saturated carbocycles. The fourth-order valence-corrected chi connectivity index (χ4v) is 8.88. The average molecular weight is 463 g/mol. The molecule has 34 heavy (non-hydrogen) atoms. The first-order valence-corrected chi connectivity index (χ1v) is 13.4. The van der Waals surface area contributed by atoms with Crippen molar-refractivity contribution in [3.05, 3.63) is 47.7 Å². The van der Waals surface area contributed by atoms with Gasteiger partial charge in [0, 0.05) is 17.5 Å². The highest BCUT2D eigenvalue weighted by atomic mass is 16.2. The zero-order chi connectivity index (χ0) is 24.3. The number of nitrogens with zero attached hydrogens (tertiary/aromatic N) is 1. The number of hydrogen-bond acceptors (Lipinski definition) is 3. The van der Waals surface area contributed by atoms with Crippen LogP contribution in [0.15, 0.2) is 42.1 Å². The smallest absolute Gasteiger partial charge is 0.255 e. The number of allylic oxidation sites excluding steroid dienone is 2. The van der Waals surface area contributed by atoms with Crippen molar-refractivity contribution in [3.8, 4) is 0 Å². The Balaban J connectivity index is 1.35. The normalized spacial score (nSPS) is 40.1. The van der Waals surface area contributed by atoms with Crippen molar-refractivity contribution < 1.29 is 9.59 Å². The molecule has 1 amide bonds. The summed E-state index contributed by atoms with van der Waals surface area (Å²) in [5, 5.41) is 2.95. The molecule has 1 aromatic rings. The summed E-state index contributed by atoms with van der Waals surface area (Å²) in [6, 6.07) is 9.82. The second-order valence-corrected chi connectivity index (χ2v) is 12.5. The Bertz CT molecular complexity index is 985. The standard InChI is InChI=1S/C30H42N2O2/c1-19(32(4)5)22-13-14-23-21-11-12-25-27(33)26(31-28(34)20-9-7-6-8-10-20)16-18-30(25,3)24(21)15-17-29(22,23)2/h6-10,16,19,21-25H,11-15,17-18H2,1-5H3,(H,31,34)/t19?,21-,22+,23-,24-,25?,29+,30+/m0/s1. The summed E-state index contributed by atoms with van der Waals surface area (Å²) in [6.07, 6.45) is 10.3. The van der Waals surface area contributed by atoms with Crippen molar-refractivity contribution in [2.75, 3.05) is 14.1 Å². The number of rotatable bonds is 4. The molecule has 4 heteroatoms. The predicted molar refractivity (Wildman–Crippen MR) is 136 cm³/mol. The molecule has 0 bridgehead atoms. The van der Waals surface area contributed by atoms with Gasteiger partial charge in [0.25, 0.3) is 5.91 Å². The zero-order valence-electron chi connectivity index (χ0n) is 21.6. The van der Waals surface area contributed by atoms with Crippen LogP contribution in [0.3, 0.4) is 0 Å². The van der Waals surface area contributed by atoms with Crippen LogP contribution in [-0.2, 0) is 4.79 Å². The van der Waals surface area contributed by atoms with Crippen LogP contribution in [0.2, 0.25) is 0 Å². The number of nitrogens with one attached hydrogen (secondary N) is 1. The summed E-state index contributed by atoms with van der Waals surface area (Å²) in [4.78, 5) is 28.8. The van der Waals surface area contributed by atoms with E-state index in [0.29, 0.717) is 28.6 Å².